The maximum atomic E-state index is 16.4. The maximum Gasteiger partial charge on any atom is 0.298 e. The third-order valence-electron chi connectivity index (χ3n) is 8.99. The summed E-state index contributed by atoms with van der Waals surface area (Å²) in [5.41, 5.74) is 6.07. The van der Waals surface area contributed by atoms with Crippen LogP contribution in [0.5, 0.6) is 5.75 Å². The molecule has 7 nitrogen and oxygen atoms in total. The molecule has 0 unspecified atom stereocenters. The van der Waals surface area contributed by atoms with Crippen molar-refractivity contribution in [2.75, 3.05) is 13.1 Å². The number of carbonyl (C=O) groups excluding carboxylic acids is 1. The Morgan fingerprint density at radius 2 is 1.52 bits per heavy atom. The fourth-order valence-corrected chi connectivity index (χ4v) is 7.52. The zero-order chi connectivity index (χ0) is 34.3. The Morgan fingerprint density at radius 1 is 0.917 bits per heavy atom. The molecule has 4 aromatic rings. The van der Waals surface area contributed by atoms with Crippen LogP contribution in [0.25, 0.3) is 21.9 Å². The van der Waals surface area contributed by atoms with Crippen molar-refractivity contribution in [3.05, 3.63) is 95.5 Å². The van der Waals surface area contributed by atoms with E-state index in [0.29, 0.717) is 37.6 Å². The minimum atomic E-state index is -4.78. The van der Waals surface area contributed by atoms with E-state index in [4.69, 9.17) is 22.1 Å². The molecule has 0 aromatic heterocycles. The first kappa shape index (κ1) is 34.2. The van der Waals surface area contributed by atoms with Gasteiger partial charge in [-0.1, -0.05) is 60.1 Å². The van der Waals surface area contributed by atoms with Crippen LogP contribution >= 0.6 is 11.6 Å². The summed E-state index contributed by atoms with van der Waals surface area (Å²) >= 11 is 5.95. The minimum absolute atomic E-state index is 0.117. The Balaban J connectivity index is 1.31. The van der Waals surface area contributed by atoms with Gasteiger partial charge >= 0.3 is 0 Å². The highest BCUT2D eigenvalue weighted by Gasteiger charge is 2.52. The molecule has 0 spiro atoms. The van der Waals surface area contributed by atoms with Crippen LogP contribution in [0, 0.1) is 0 Å². The molecular formula is C35H34ClF4N3O4S. The lowest BCUT2D eigenvalue weighted by molar-refractivity contribution is -0.155. The van der Waals surface area contributed by atoms with Crippen molar-refractivity contribution in [2.24, 2.45) is 5.73 Å². The number of nitrogens with two attached hydrogens (primary N) is 1. The van der Waals surface area contributed by atoms with Gasteiger partial charge in [-0.15, -0.1) is 0 Å². The van der Waals surface area contributed by atoms with Gasteiger partial charge in [-0.3, -0.25) is 4.79 Å². The number of amides is 1. The van der Waals surface area contributed by atoms with E-state index in [-0.39, 0.29) is 24.0 Å². The molecule has 1 aliphatic carbocycles. The Labute approximate surface area is 281 Å². The van der Waals surface area contributed by atoms with Crippen molar-refractivity contribution in [3.8, 4) is 16.9 Å². The maximum absolute atomic E-state index is 16.4. The standard InChI is InChI=1S/C35H34ClF4N3O4S/c36-27-13-7-23(8-14-27)22-5-11-26(12-6-22)35(39,40)32(33(44)43-18-17-31(41)34(37,38)21-43)42-48(45,46)30-16-10-24-19-29(15-9-25(24)20-30)47-28-3-1-2-4-28/h5-16,19-20,28,31-32,42H,1-4,17-18,21,41H2/t31-,32+/m1/s1. The lowest BCUT2D eigenvalue weighted by Crippen LogP contribution is -2.62. The highest BCUT2D eigenvalue weighted by molar-refractivity contribution is 7.89. The van der Waals surface area contributed by atoms with E-state index in [1.165, 1.54) is 30.3 Å². The Morgan fingerprint density at radius 3 is 2.17 bits per heavy atom. The molecule has 2 atom stereocenters. The molecule has 0 radical (unpaired) electrons. The zero-order valence-electron chi connectivity index (χ0n) is 25.7. The molecule has 48 heavy (non-hydrogen) atoms. The minimum Gasteiger partial charge on any atom is -0.490 e. The predicted molar refractivity (Wildman–Crippen MR) is 176 cm³/mol. The summed E-state index contributed by atoms with van der Waals surface area (Å²) in [5.74, 6) is -8.56. The van der Waals surface area contributed by atoms with Crippen LogP contribution in [0.3, 0.4) is 0 Å². The Hall–Kier alpha value is -3.71. The van der Waals surface area contributed by atoms with Crippen molar-refractivity contribution >= 4 is 38.3 Å². The van der Waals surface area contributed by atoms with Crippen LogP contribution in [-0.2, 0) is 20.7 Å². The molecule has 0 bridgehead atoms. The van der Waals surface area contributed by atoms with Gasteiger partial charge in [-0.05, 0) is 90.4 Å². The van der Waals surface area contributed by atoms with Crippen molar-refractivity contribution in [1.82, 2.24) is 9.62 Å². The highest BCUT2D eigenvalue weighted by Crippen LogP contribution is 2.37. The van der Waals surface area contributed by atoms with Gasteiger partial charge in [0.05, 0.1) is 23.6 Å². The summed E-state index contributed by atoms with van der Waals surface area (Å²) in [6, 6.07) is 16.5. The van der Waals surface area contributed by atoms with E-state index in [1.807, 2.05) is 4.72 Å². The van der Waals surface area contributed by atoms with Crippen LogP contribution in [0.1, 0.15) is 37.7 Å². The number of alkyl halides is 4. The van der Waals surface area contributed by atoms with E-state index < -0.39 is 52.0 Å². The number of hydrogen-bond acceptors (Lipinski definition) is 5. The normalized spacial score (nSPS) is 19.4. The number of hydrogen-bond donors (Lipinski definition) is 2. The van der Waals surface area contributed by atoms with Crippen LogP contribution in [0.15, 0.2) is 89.8 Å². The number of fused-ring (bicyclic) bond motifs is 1. The smallest absolute Gasteiger partial charge is 0.298 e. The number of carbonyl (C=O) groups is 1. The van der Waals surface area contributed by atoms with E-state index >= 15 is 8.78 Å². The van der Waals surface area contributed by atoms with Gasteiger partial charge < -0.3 is 15.4 Å². The van der Waals surface area contributed by atoms with Crippen LogP contribution in [0.2, 0.25) is 5.02 Å². The van der Waals surface area contributed by atoms with E-state index in [9.17, 15) is 22.0 Å². The predicted octanol–water partition coefficient (Wildman–Crippen LogP) is 7.12. The summed E-state index contributed by atoms with van der Waals surface area (Å²) in [6.07, 6.45) is 3.87. The molecule has 1 saturated heterocycles. The molecule has 2 fully saturated rings. The number of rotatable bonds is 9. The average Bonchev–Trinajstić information content (AvgIpc) is 3.58. The topological polar surface area (TPSA) is 102 Å². The molecule has 4 aromatic carbocycles. The van der Waals surface area contributed by atoms with Crippen LogP contribution < -0.4 is 15.2 Å². The van der Waals surface area contributed by atoms with E-state index in [0.717, 1.165) is 37.8 Å². The molecule has 1 heterocycles. The Kier molecular flexibility index (Phi) is 9.47. The highest BCUT2D eigenvalue weighted by atomic mass is 35.5. The van der Waals surface area contributed by atoms with Crippen molar-refractivity contribution in [3.63, 3.8) is 0 Å². The molecule has 6 rings (SSSR count). The van der Waals surface area contributed by atoms with Gasteiger partial charge in [0.25, 0.3) is 11.8 Å². The third-order valence-corrected chi connectivity index (χ3v) is 10.7. The van der Waals surface area contributed by atoms with Crippen molar-refractivity contribution in [1.29, 1.82) is 0 Å². The lowest BCUT2D eigenvalue weighted by Gasteiger charge is -2.39. The number of ether oxygens (including phenoxy) is 1. The molecular weight excluding hydrogens is 670 g/mol. The average molecular weight is 704 g/mol. The number of halogens is 5. The number of nitrogens with one attached hydrogen (secondary N) is 1. The van der Waals surface area contributed by atoms with E-state index in [1.54, 1.807) is 42.5 Å². The summed E-state index contributed by atoms with van der Waals surface area (Å²) in [6.45, 7) is -1.57. The van der Waals surface area contributed by atoms with Gasteiger partial charge in [-0.25, -0.2) is 17.2 Å². The second-order valence-electron chi connectivity index (χ2n) is 12.4. The summed E-state index contributed by atoms with van der Waals surface area (Å²) < 4.78 is 97.1. The molecule has 13 heteroatoms. The molecule has 1 saturated carbocycles. The second kappa shape index (κ2) is 13.3. The number of piperidine rings is 1. The second-order valence-corrected chi connectivity index (χ2v) is 14.5. The summed E-state index contributed by atoms with van der Waals surface area (Å²) in [5, 5.41) is 1.65. The molecule has 1 amide bonds. The van der Waals surface area contributed by atoms with Crippen molar-refractivity contribution < 1.29 is 35.5 Å². The zero-order valence-corrected chi connectivity index (χ0v) is 27.3. The van der Waals surface area contributed by atoms with Crippen LogP contribution in [-0.4, -0.2) is 56.4 Å². The van der Waals surface area contributed by atoms with Crippen LogP contribution in [0.4, 0.5) is 17.6 Å². The first-order valence-electron chi connectivity index (χ1n) is 15.6. The van der Waals surface area contributed by atoms with Gasteiger partial charge in [0, 0.05) is 17.1 Å². The summed E-state index contributed by atoms with van der Waals surface area (Å²) in [7, 11) is -4.78. The largest absolute Gasteiger partial charge is 0.490 e. The van der Waals surface area contributed by atoms with Gasteiger partial charge in [0.2, 0.25) is 15.9 Å². The summed E-state index contributed by atoms with van der Waals surface area (Å²) in [4.78, 5) is 13.8. The SMILES string of the molecule is N[C@@H]1CCN(C(=O)[C@H](NS(=O)(=O)c2ccc3cc(OC4CCCC4)ccc3c2)C(F)(F)c2ccc(-c3ccc(Cl)cc3)cc2)CC1(F)F. The molecule has 254 valence electrons. The quantitative estimate of drug-likeness (QED) is 0.181. The Bertz CT molecular complexity index is 1900. The first-order valence-corrected chi connectivity index (χ1v) is 17.5. The van der Waals surface area contributed by atoms with Gasteiger partial charge in [-0.2, -0.15) is 13.5 Å². The van der Waals surface area contributed by atoms with Crippen molar-refractivity contribution in [2.45, 2.75) is 67.0 Å². The lowest BCUT2D eigenvalue weighted by atomic mass is 9.95. The molecule has 3 N–H and O–H groups in total. The monoisotopic (exact) mass is 703 g/mol. The molecule has 1 aliphatic heterocycles. The number of likely N-dealkylation sites (tertiary alicyclic amines) is 1. The fraction of sp³-hybridized carbons (Fsp3) is 0.343. The fourth-order valence-electron chi connectivity index (χ4n) is 6.17. The van der Waals surface area contributed by atoms with E-state index in [2.05, 4.69) is 0 Å². The molecule has 2 aliphatic rings. The van der Waals surface area contributed by atoms with Gasteiger partial charge in [0.1, 0.15) is 5.75 Å². The first-order chi connectivity index (χ1) is 22.7. The number of sulfonamides is 1. The van der Waals surface area contributed by atoms with Gasteiger partial charge in [0.15, 0.2) is 6.04 Å². The number of benzene rings is 4. The number of nitrogens with zero attached hydrogens (tertiary/aromatic N) is 1. The third kappa shape index (κ3) is 7.17.